The number of rotatable bonds is 4. The van der Waals surface area contributed by atoms with Gasteiger partial charge in [-0.2, -0.15) is 0 Å². The predicted octanol–water partition coefficient (Wildman–Crippen LogP) is 2.82. The quantitative estimate of drug-likeness (QED) is 0.912. The summed E-state index contributed by atoms with van der Waals surface area (Å²) in [6.07, 6.45) is 3.80. The molecule has 1 heterocycles. The molecular weight excluding hydrogens is 236 g/mol. The second-order valence-electron chi connectivity index (χ2n) is 5.04. The van der Waals surface area contributed by atoms with Gasteiger partial charge in [-0.15, -0.1) is 0 Å². The zero-order valence-electron chi connectivity index (χ0n) is 11.0. The zero-order chi connectivity index (χ0) is 13.2. The number of aromatic nitrogens is 1. The van der Waals surface area contributed by atoms with Gasteiger partial charge in [-0.1, -0.05) is 30.3 Å². The molecule has 0 amide bonds. The Kier molecular flexibility index (Phi) is 3.22. The highest BCUT2D eigenvalue weighted by atomic mass is 16.5. The minimum Gasteiger partial charge on any atom is -0.481 e. The molecule has 3 rings (SSSR count). The molecule has 3 nitrogen and oxygen atoms in total. The lowest BCUT2D eigenvalue weighted by atomic mass is 9.74. The number of pyridine rings is 1. The Balaban J connectivity index is 1.75. The molecule has 0 spiro atoms. The van der Waals surface area contributed by atoms with Gasteiger partial charge in [0.05, 0.1) is 7.11 Å². The van der Waals surface area contributed by atoms with Gasteiger partial charge >= 0.3 is 0 Å². The number of fused-ring (bicyclic) bond motifs is 1. The topological polar surface area (TPSA) is 48.1 Å². The first-order valence-corrected chi connectivity index (χ1v) is 6.62. The summed E-state index contributed by atoms with van der Waals surface area (Å²) in [6, 6.07) is 12.5. The van der Waals surface area contributed by atoms with E-state index in [-0.39, 0.29) is 6.04 Å². The number of nitrogens with two attached hydrogens (primary N) is 1. The van der Waals surface area contributed by atoms with Crippen LogP contribution in [0.3, 0.4) is 0 Å². The highest BCUT2D eigenvalue weighted by molar-refractivity contribution is 5.40. The van der Waals surface area contributed by atoms with Crippen LogP contribution in [0.15, 0.2) is 42.6 Å². The van der Waals surface area contributed by atoms with E-state index < -0.39 is 0 Å². The SMILES string of the molecule is COc1ncccc1C(N)CC1Cc2ccccc21. The number of nitrogens with zero attached hydrogens (tertiary/aromatic N) is 1. The third-order valence-electron chi connectivity index (χ3n) is 3.89. The van der Waals surface area contributed by atoms with Gasteiger partial charge in [0.25, 0.3) is 0 Å². The minimum absolute atomic E-state index is 0.0259. The van der Waals surface area contributed by atoms with E-state index in [1.165, 1.54) is 11.1 Å². The molecular formula is C16H18N2O. The van der Waals surface area contributed by atoms with Crippen LogP contribution >= 0.6 is 0 Å². The first kappa shape index (κ1) is 12.2. The van der Waals surface area contributed by atoms with Gasteiger partial charge < -0.3 is 10.5 Å². The lowest BCUT2D eigenvalue weighted by molar-refractivity contribution is 0.383. The fourth-order valence-corrected chi connectivity index (χ4v) is 2.86. The second-order valence-corrected chi connectivity index (χ2v) is 5.04. The molecule has 0 saturated carbocycles. The molecule has 1 aliphatic carbocycles. The second kappa shape index (κ2) is 5.02. The standard InChI is InChI=1S/C16H18N2O/c1-19-16-14(7-4-8-18-16)15(17)10-12-9-11-5-2-3-6-13(11)12/h2-8,12,15H,9-10,17H2,1H3. The van der Waals surface area contributed by atoms with Crippen molar-refractivity contribution in [2.75, 3.05) is 7.11 Å². The molecule has 98 valence electrons. The Morgan fingerprint density at radius 3 is 2.95 bits per heavy atom. The number of ether oxygens (including phenoxy) is 1. The highest BCUT2D eigenvalue weighted by Crippen LogP contribution is 2.40. The van der Waals surface area contributed by atoms with Crippen molar-refractivity contribution in [3.05, 3.63) is 59.3 Å². The molecule has 3 heteroatoms. The summed E-state index contributed by atoms with van der Waals surface area (Å²) in [4.78, 5) is 4.21. The van der Waals surface area contributed by atoms with Crippen molar-refractivity contribution in [2.45, 2.75) is 24.8 Å². The molecule has 19 heavy (non-hydrogen) atoms. The average Bonchev–Trinajstić information content (AvgIpc) is 2.44. The average molecular weight is 254 g/mol. The summed E-state index contributed by atoms with van der Waals surface area (Å²) in [7, 11) is 1.64. The van der Waals surface area contributed by atoms with Crippen LogP contribution in [0.2, 0.25) is 0 Å². The van der Waals surface area contributed by atoms with Gasteiger partial charge in [-0.05, 0) is 36.0 Å². The Labute approximate surface area is 113 Å². The van der Waals surface area contributed by atoms with Crippen molar-refractivity contribution >= 4 is 0 Å². The molecule has 0 saturated heterocycles. The largest absolute Gasteiger partial charge is 0.481 e. The monoisotopic (exact) mass is 254 g/mol. The number of benzene rings is 1. The number of hydrogen-bond donors (Lipinski definition) is 1. The number of hydrogen-bond acceptors (Lipinski definition) is 3. The molecule has 2 aromatic rings. The highest BCUT2D eigenvalue weighted by Gasteiger charge is 2.28. The van der Waals surface area contributed by atoms with Crippen molar-refractivity contribution in [1.82, 2.24) is 4.98 Å². The summed E-state index contributed by atoms with van der Waals surface area (Å²) >= 11 is 0. The fourth-order valence-electron chi connectivity index (χ4n) is 2.86. The molecule has 2 unspecified atom stereocenters. The minimum atomic E-state index is -0.0259. The van der Waals surface area contributed by atoms with E-state index in [4.69, 9.17) is 10.5 Å². The molecule has 0 aliphatic heterocycles. The fraction of sp³-hybridized carbons (Fsp3) is 0.312. The van der Waals surface area contributed by atoms with Crippen molar-refractivity contribution in [3.8, 4) is 5.88 Å². The van der Waals surface area contributed by atoms with Gasteiger partial charge in [-0.25, -0.2) is 4.98 Å². The Bertz CT molecular complexity index is 582. The van der Waals surface area contributed by atoms with E-state index in [1.54, 1.807) is 13.3 Å². The Hall–Kier alpha value is -1.87. The Morgan fingerprint density at radius 2 is 2.16 bits per heavy atom. The predicted molar refractivity (Wildman–Crippen MR) is 75.2 cm³/mol. The summed E-state index contributed by atoms with van der Waals surface area (Å²) in [5.74, 6) is 1.21. The van der Waals surface area contributed by atoms with Crippen LogP contribution in [0.5, 0.6) is 5.88 Å². The molecule has 2 N–H and O–H groups in total. The van der Waals surface area contributed by atoms with E-state index in [9.17, 15) is 0 Å². The molecule has 0 fully saturated rings. The first-order chi connectivity index (χ1) is 9.29. The van der Waals surface area contributed by atoms with Crippen LogP contribution in [0.4, 0.5) is 0 Å². The van der Waals surface area contributed by atoms with Gasteiger partial charge in [0.15, 0.2) is 0 Å². The van der Waals surface area contributed by atoms with Crippen LogP contribution in [0.1, 0.15) is 35.1 Å². The number of methoxy groups -OCH3 is 1. The molecule has 0 radical (unpaired) electrons. The van der Waals surface area contributed by atoms with E-state index in [1.807, 2.05) is 12.1 Å². The maximum absolute atomic E-state index is 6.32. The van der Waals surface area contributed by atoms with Gasteiger partial charge in [0.1, 0.15) is 0 Å². The summed E-state index contributed by atoms with van der Waals surface area (Å²) in [6.45, 7) is 0. The Morgan fingerprint density at radius 1 is 1.32 bits per heavy atom. The zero-order valence-corrected chi connectivity index (χ0v) is 11.0. The smallest absolute Gasteiger partial charge is 0.217 e. The van der Waals surface area contributed by atoms with Crippen LogP contribution in [-0.2, 0) is 6.42 Å². The van der Waals surface area contributed by atoms with E-state index in [0.29, 0.717) is 11.8 Å². The first-order valence-electron chi connectivity index (χ1n) is 6.62. The van der Waals surface area contributed by atoms with Crippen molar-refractivity contribution in [1.29, 1.82) is 0 Å². The van der Waals surface area contributed by atoms with Crippen molar-refractivity contribution in [3.63, 3.8) is 0 Å². The third-order valence-corrected chi connectivity index (χ3v) is 3.89. The van der Waals surface area contributed by atoms with E-state index in [2.05, 4.69) is 29.2 Å². The molecule has 1 aromatic heterocycles. The van der Waals surface area contributed by atoms with Crippen molar-refractivity contribution in [2.24, 2.45) is 5.73 Å². The normalized spacial score (nSPS) is 18.3. The van der Waals surface area contributed by atoms with Gasteiger partial charge in [-0.3, -0.25) is 0 Å². The third kappa shape index (κ3) is 2.22. The molecule has 2 atom stereocenters. The summed E-state index contributed by atoms with van der Waals surface area (Å²) in [5, 5.41) is 0. The molecule has 1 aliphatic rings. The van der Waals surface area contributed by atoms with Crippen LogP contribution in [-0.4, -0.2) is 12.1 Å². The summed E-state index contributed by atoms with van der Waals surface area (Å²) < 4.78 is 5.28. The molecule has 0 bridgehead atoms. The summed E-state index contributed by atoms with van der Waals surface area (Å²) in [5.41, 5.74) is 10.2. The van der Waals surface area contributed by atoms with E-state index >= 15 is 0 Å². The van der Waals surface area contributed by atoms with Crippen LogP contribution in [0.25, 0.3) is 0 Å². The van der Waals surface area contributed by atoms with Gasteiger partial charge in [0, 0.05) is 17.8 Å². The maximum atomic E-state index is 6.32. The maximum Gasteiger partial charge on any atom is 0.217 e. The lowest BCUT2D eigenvalue weighted by Gasteiger charge is -2.32. The van der Waals surface area contributed by atoms with E-state index in [0.717, 1.165) is 18.4 Å². The van der Waals surface area contributed by atoms with Gasteiger partial charge in [0.2, 0.25) is 5.88 Å². The van der Waals surface area contributed by atoms with Crippen LogP contribution < -0.4 is 10.5 Å². The van der Waals surface area contributed by atoms with Crippen molar-refractivity contribution < 1.29 is 4.74 Å². The lowest BCUT2D eigenvalue weighted by Crippen LogP contribution is -2.23. The van der Waals surface area contributed by atoms with Crippen LogP contribution in [0, 0.1) is 0 Å². The molecule has 1 aromatic carbocycles.